The summed E-state index contributed by atoms with van der Waals surface area (Å²) in [5.74, 6) is -4.51. The number of nitrogen functional groups attached to an aromatic ring is 1. The Bertz CT molecular complexity index is 2430. The van der Waals surface area contributed by atoms with E-state index in [0.717, 1.165) is 5.56 Å². The molecule has 0 amide bonds. The second kappa shape index (κ2) is 23.7. The van der Waals surface area contributed by atoms with Gasteiger partial charge >= 0.3 is 11.9 Å². The predicted octanol–water partition coefficient (Wildman–Crippen LogP) is 4.77. The highest BCUT2D eigenvalue weighted by atomic mass is 127. The maximum atomic E-state index is 15.2. The molecule has 4 saturated heterocycles. The fraction of sp³-hybridized carbons (Fsp3) is 0.745. The lowest BCUT2D eigenvalue weighted by Crippen LogP contribution is -2.61. The molecule has 4 aliphatic heterocycles. The highest BCUT2D eigenvalue weighted by Gasteiger charge is 2.62. The predicted molar refractivity (Wildman–Crippen MR) is 284 cm³/mol. The lowest BCUT2D eigenvalue weighted by Gasteiger charge is -2.49. The lowest BCUT2D eigenvalue weighted by atomic mass is 9.72. The van der Waals surface area contributed by atoms with Crippen LogP contribution in [0.5, 0.6) is 0 Å². The first kappa shape index (κ1) is 58.3. The number of pyridine rings is 1. The van der Waals surface area contributed by atoms with Gasteiger partial charge in [0.1, 0.15) is 28.8 Å². The summed E-state index contributed by atoms with van der Waals surface area (Å²) in [6, 6.07) is 3.46. The molecule has 3 aromatic heterocycles. The molecule has 0 saturated carbocycles. The van der Waals surface area contributed by atoms with Gasteiger partial charge in [-0.05, 0) is 103 Å². The van der Waals surface area contributed by atoms with Crippen molar-refractivity contribution in [1.29, 1.82) is 0 Å². The van der Waals surface area contributed by atoms with Crippen LogP contribution in [0.15, 0.2) is 30.9 Å². The van der Waals surface area contributed by atoms with Gasteiger partial charge in [-0.3, -0.25) is 19.4 Å². The van der Waals surface area contributed by atoms with Crippen molar-refractivity contribution in [2.75, 3.05) is 45.1 Å². The molecule has 0 bridgehead atoms. The van der Waals surface area contributed by atoms with E-state index < -0.39 is 111 Å². The number of methoxy groups -OCH3 is 2. The second-order valence-electron chi connectivity index (χ2n) is 21.6. The number of aliphatic hydroxyl groups excluding tert-OH is 2. The molecule has 0 aromatic carbocycles. The number of alkyl halides is 1. The minimum Gasteiger partial charge on any atom is -0.453 e. The number of carbonyl (C=O) groups excluding carboxylic acids is 3. The van der Waals surface area contributed by atoms with Gasteiger partial charge in [-0.2, -0.15) is 9.97 Å². The van der Waals surface area contributed by atoms with Crippen LogP contribution >= 0.6 is 34.4 Å². The quantitative estimate of drug-likeness (QED) is 0.0962. The number of carbonyl (C=O) groups is 3. The number of aryl methyl sites for hydroxylation is 1. The number of anilines is 2. The molecule has 5 N–H and O–H groups in total. The van der Waals surface area contributed by atoms with Crippen molar-refractivity contribution in [3.63, 3.8) is 0 Å². The number of ketones is 1. The number of hydrogen-bond acceptors (Lipinski definition) is 21. The van der Waals surface area contributed by atoms with Gasteiger partial charge in [0.25, 0.3) is 0 Å². The van der Waals surface area contributed by atoms with E-state index >= 15 is 4.79 Å². The van der Waals surface area contributed by atoms with E-state index in [-0.39, 0.29) is 36.6 Å². The van der Waals surface area contributed by atoms with Gasteiger partial charge in [-0.25, -0.2) is 4.98 Å². The molecule has 4 fully saturated rings. The molecule has 21 nitrogen and oxygen atoms in total. The number of thioether (sulfide) groups is 1. The fourth-order valence-corrected chi connectivity index (χ4v) is 13.7. The van der Waals surface area contributed by atoms with E-state index in [0.29, 0.717) is 42.4 Å². The monoisotopic (exact) mass is 1170 g/mol. The Labute approximate surface area is 451 Å². The minimum absolute atomic E-state index is 0.108. The van der Waals surface area contributed by atoms with Crippen molar-refractivity contribution < 1.29 is 62.5 Å². The molecule has 1 unspecified atom stereocenters. The average Bonchev–Trinajstić information content (AvgIpc) is 3.89. The number of ether oxygens (including phenoxy) is 8. The number of Topliss-reactive ketones (excluding diaryl/α,β-unsaturated/α-hetero) is 1. The Hall–Kier alpha value is -3.37. The number of cyclic esters (lactones) is 1. The number of nitrogens with one attached hydrogen (secondary N) is 1. The van der Waals surface area contributed by atoms with Crippen LogP contribution < -0.4 is 11.1 Å². The SMILES string of the molecule is CO[C@]1(C)C[C@@H](C)C(=O)[C@H](C)[C@H]2[C@H](SCCn3cnc4c(N)nc(NCc5cccnc5)nc43)C(=O)O[C@]2(C)[C@@H](I)OC(=O)[C@H](C)[C@@H](O[C@H]2C[C@@](C)(OC)[C@@H](O)[C@H](C)O2)C(C)[C@H]1O[C@@H]1O[C@H](C)C[C@H](N(C)C)[C@H]1O. The summed E-state index contributed by atoms with van der Waals surface area (Å²) in [7, 11) is 6.83. The van der Waals surface area contributed by atoms with Crippen LogP contribution in [0.1, 0.15) is 87.1 Å². The van der Waals surface area contributed by atoms with Crippen molar-refractivity contribution in [3.8, 4) is 0 Å². The molecule has 0 spiro atoms. The second-order valence-corrected chi connectivity index (χ2v) is 23.9. The van der Waals surface area contributed by atoms with Crippen LogP contribution in [0.3, 0.4) is 0 Å². The van der Waals surface area contributed by atoms with Crippen LogP contribution in [0.4, 0.5) is 11.8 Å². The molecular formula is C51H77IN8O13S. The van der Waals surface area contributed by atoms with E-state index in [9.17, 15) is 19.8 Å². The van der Waals surface area contributed by atoms with E-state index in [1.54, 1.807) is 60.4 Å². The number of nitrogens with two attached hydrogens (primary N) is 1. The van der Waals surface area contributed by atoms with Crippen LogP contribution in [-0.4, -0.2) is 173 Å². The summed E-state index contributed by atoms with van der Waals surface area (Å²) >= 11 is 3.33. The number of esters is 2. The number of rotatable bonds is 14. The zero-order valence-corrected chi connectivity index (χ0v) is 47.8. The van der Waals surface area contributed by atoms with Crippen LogP contribution in [0, 0.1) is 29.6 Å². The normalized spacial score (nSPS) is 39.6. The van der Waals surface area contributed by atoms with E-state index in [1.807, 2.05) is 86.0 Å². The standard InChI is InChI=1S/C51H77IN8O13S/c1-25-20-50(8,67-13)41(71-46-37(62)32(59(10)11)19-26(2)68-46)28(4)38(70-33-21-49(7,66-12)40(63)30(6)69-33)29(5)44(64)72-47(52)51(9)34(27(3)36(25)61)39(45(65)73-51)74-18-17-60-24-56-35-42(53)57-48(58-43(35)60)55-23-31-15-14-16-54-22-31/h14-16,22,24-30,32-34,37-41,46-47,62-63H,17-21,23H2,1-13H3,(H3,53,55,57,58)/t25-,26-,27-,28?,29-,30+,32+,33+,34+,37-,38+,39+,40+,41-,46+,47+,49-,50-,51+/m1/s1. The molecular weight excluding hydrogens is 1090 g/mol. The number of likely N-dealkylation sites (N-methyl/N-ethyl adjacent to an activating group) is 1. The first-order valence-corrected chi connectivity index (χ1v) is 27.7. The van der Waals surface area contributed by atoms with Gasteiger partial charge in [-0.15, -0.1) is 11.8 Å². The Balaban J connectivity index is 1.22. The third-order valence-corrected chi connectivity index (χ3v) is 18.7. The van der Waals surface area contributed by atoms with Crippen molar-refractivity contribution in [3.05, 3.63) is 36.4 Å². The van der Waals surface area contributed by atoms with Gasteiger partial charge in [0.2, 0.25) is 5.95 Å². The number of imidazole rings is 1. The number of hydrogen-bond donors (Lipinski definition) is 4. The molecule has 19 atom stereocenters. The Morgan fingerprint density at radius 3 is 2.35 bits per heavy atom. The average molecular weight is 1170 g/mol. The first-order chi connectivity index (χ1) is 34.9. The van der Waals surface area contributed by atoms with Crippen LogP contribution in [0.25, 0.3) is 11.2 Å². The van der Waals surface area contributed by atoms with Gasteiger partial charge in [0.15, 0.2) is 33.8 Å². The number of fused-ring (bicyclic) bond motifs is 2. The van der Waals surface area contributed by atoms with E-state index in [4.69, 9.17) is 48.6 Å². The fourth-order valence-electron chi connectivity index (χ4n) is 11.5. The maximum absolute atomic E-state index is 15.2. The molecule has 0 radical (unpaired) electrons. The van der Waals surface area contributed by atoms with Gasteiger partial charge < -0.3 is 68.6 Å². The van der Waals surface area contributed by atoms with Gasteiger partial charge in [0, 0.05) is 81.6 Å². The number of halogens is 1. The van der Waals surface area contributed by atoms with E-state index in [2.05, 4.69) is 20.3 Å². The van der Waals surface area contributed by atoms with E-state index in [1.165, 1.54) is 18.9 Å². The zero-order chi connectivity index (χ0) is 54.2. The number of nitrogens with zero attached hydrogens (tertiary/aromatic N) is 6. The molecule has 7 rings (SSSR count). The van der Waals surface area contributed by atoms with Gasteiger partial charge in [0.05, 0.1) is 47.9 Å². The molecule has 4 aliphatic rings. The van der Waals surface area contributed by atoms with Crippen LogP contribution in [-0.2, 0) is 65.4 Å². The highest BCUT2D eigenvalue weighted by molar-refractivity contribution is 14.1. The summed E-state index contributed by atoms with van der Waals surface area (Å²) in [4.78, 5) is 64.1. The maximum Gasteiger partial charge on any atom is 0.320 e. The molecule has 3 aromatic rings. The highest BCUT2D eigenvalue weighted by Crippen LogP contribution is 2.50. The lowest BCUT2D eigenvalue weighted by molar-refractivity contribution is -0.319. The Morgan fingerprint density at radius 2 is 1.69 bits per heavy atom. The largest absolute Gasteiger partial charge is 0.453 e. The number of aliphatic hydroxyl groups is 2. The Morgan fingerprint density at radius 1 is 0.973 bits per heavy atom. The summed E-state index contributed by atoms with van der Waals surface area (Å²) in [6.07, 6.45) is -1.38. The first-order valence-electron chi connectivity index (χ1n) is 25.4. The topological polar surface area (TPSA) is 263 Å². The molecule has 23 heteroatoms. The molecule has 74 heavy (non-hydrogen) atoms. The van der Waals surface area contributed by atoms with Crippen molar-refractivity contribution in [1.82, 2.24) is 29.4 Å². The van der Waals surface area contributed by atoms with Crippen molar-refractivity contribution >= 4 is 75.0 Å². The third kappa shape index (κ3) is 12.0. The molecule has 7 heterocycles. The summed E-state index contributed by atoms with van der Waals surface area (Å²) in [6.45, 7) is 17.0. The van der Waals surface area contributed by atoms with Gasteiger partial charge in [-0.1, -0.05) is 26.8 Å². The number of aromatic nitrogens is 5. The smallest absolute Gasteiger partial charge is 0.320 e. The van der Waals surface area contributed by atoms with Crippen molar-refractivity contribution in [2.45, 2.75) is 176 Å². The summed E-state index contributed by atoms with van der Waals surface area (Å²) in [5, 5.41) is 25.3. The minimum atomic E-state index is -1.47. The van der Waals surface area contributed by atoms with Crippen LogP contribution in [0.2, 0.25) is 0 Å². The zero-order valence-electron chi connectivity index (χ0n) is 44.8. The molecule has 0 aliphatic carbocycles. The molecule has 412 valence electrons. The third-order valence-electron chi connectivity index (χ3n) is 16.0. The van der Waals surface area contributed by atoms with Crippen molar-refractivity contribution in [2.24, 2.45) is 29.6 Å². The summed E-state index contributed by atoms with van der Waals surface area (Å²) in [5.41, 5.74) is 4.39. The Kier molecular flexibility index (Phi) is 18.7. The summed E-state index contributed by atoms with van der Waals surface area (Å²) < 4.78 is 52.3.